The van der Waals surface area contributed by atoms with E-state index in [0.717, 1.165) is 5.56 Å². The van der Waals surface area contributed by atoms with Crippen LogP contribution < -0.4 is 0 Å². The van der Waals surface area contributed by atoms with E-state index in [0.29, 0.717) is 0 Å². The summed E-state index contributed by atoms with van der Waals surface area (Å²) in [5.74, 6) is -1.34. The van der Waals surface area contributed by atoms with E-state index in [1.165, 1.54) is 4.90 Å². The van der Waals surface area contributed by atoms with Gasteiger partial charge in [0.2, 0.25) is 5.91 Å². The topological polar surface area (TPSA) is 77.8 Å². The van der Waals surface area contributed by atoms with Gasteiger partial charge in [0.05, 0.1) is 11.5 Å². The molecular weight excluding hydrogens is 258 g/mol. The third-order valence-electron chi connectivity index (χ3n) is 3.86. The molecule has 0 radical (unpaired) electrons. The maximum absolute atomic E-state index is 12.7. The monoisotopic (exact) mass is 277 g/mol. The highest BCUT2D eigenvalue weighted by Gasteiger charge is 2.44. The molecule has 0 unspecified atom stereocenters. The number of carbonyl (C=O) groups excluding carboxylic acids is 1. The van der Waals surface area contributed by atoms with Gasteiger partial charge in [-0.05, 0) is 19.4 Å². The number of carboxylic acids is 1. The van der Waals surface area contributed by atoms with E-state index in [-0.39, 0.29) is 18.9 Å². The molecule has 0 aliphatic carbocycles. The third kappa shape index (κ3) is 2.54. The number of β-amino-alcohol motifs (C(OH)–C–C–N with tert-alkyl or cyclic N) is 1. The second-order valence-electron chi connectivity index (χ2n) is 5.69. The van der Waals surface area contributed by atoms with Crippen molar-refractivity contribution < 1.29 is 19.8 Å². The maximum atomic E-state index is 12.7. The minimum Gasteiger partial charge on any atom is -0.480 e. The number of aliphatic carboxylic acids is 1. The molecule has 1 aromatic carbocycles. The van der Waals surface area contributed by atoms with Crippen molar-refractivity contribution in [2.75, 3.05) is 6.54 Å². The molecule has 0 saturated carbocycles. The predicted octanol–water partition coefficient (Wildman–Crippen LogP) is 1.01. The van der Waals surface area contributed by atoms with Gasteiger partial charge in [0.15, 0.2) is 0 Å². The minimum atomic E-state index is -1.07. The molecule has 5 heteroatoms. The summed E-state index contributed by atoms with van der Waals surface area (Å²) < 4.78 is 0. The zero-order chi connectivity index (χ0) is 14.9. The van der Waals surface area contributed by atoms with Crippen molar-refractivity contribution in [3.8, 4) is 0 Å². The average Bonchev–Trinajstić information content (AvgIpc) is 2.81. The fraction of sp³-hybridized carbons (Fsp3) is 0.467. The van der Waals surface area contributed by atoms with Gasteiger partial charge >= 0.3 is 5.97 Å². The number of amides is 1. The van der Waals surface area contributed by atoms with Crippen LogP contribution in [0.15, 0.2) is 30.3 Å². The highest BCUT2D eigenvalue weighted by molar-refractivity contribution is 5.91. The number of hydrogen-bond donors (Lipinski definition) is 2. The summed E-state index contributed by atoms with van der Waals surface area (Å²) in [6.07, 6.45) is -0.682. The first-order valence-corrected chi connectivity index (χ1v) is 6.61. The zero-order valence-corrected chi connectivity index (χ0v) is 11.6. The van der Waals surface area contributed by atoms with Crippen LogP contribution in [-0.4, -0.2) is 45.7 Å². The normalized spacial score (nSPS) is 22.9. The van der Waals surface area contributed by atoms with Crippen LogP contribution in [0.4, 0.5) is 0 Å². The van der Waals surface area contributed by atoms with E-state index >= 15 is 0 Å². The number of benzene rings is 1. The van der Waals surface area contributed by atoms with E-state index in [9.17, 15) is 19.8 Å². The summed E-state index contributed by atoms with van der Waals surface area (Å²) in [5, 5.41) is 18.8. The molecule has 2 atom stereocenters. The maximum Gasteiger partial charge on any atom is 0.326 e. The van der Waals surface area contributed by atoms with E-state index < -0.39 is 23.5 Å². The molecule has 1 aliphatic heterocycles. The van der Waals surface area contributed by atoms with Gasteiger partial charge in [-0.15, -0.1) is 0 Å². The van der Waals surface area contributed by atoms with E-state index in [1.807, 2.05) is 30.3 Å². The quantitative estimate of drug-likeness (QED) is 0.864. The van der Waals surface area contributed by atoms with Crippen LogP contribution >= 0.6 is 0 Å². The van der Waals surface area contributed by atoms with E-state index in [4.69, 9.17) is 0 Å². The SMILES string of the molecule is CC(C)(C(=O)N1C[C@H](O)C[C@@H]1C(=O)O)c1ccccc1. The number of nitrogens with zero attached hydrogens (tertiary/aromatic N) is 1. The lowest BCUT2D eigenvalue weighted by molar-refractivity contribution is -0.150. The standard InChI is InChI=1S/C15H19NO4/c1-15(2,10-6-4-3-5-7-10)14(20)16-9-11(17)8-12(16)13(18)19/h3-7,11-12,17H,8-9H2,1-2H3,(H,18,19)/t11-,12-/m1/s1. The summed E-state index contributed by atoms with van der Waals surface area (Å²) in [4.78, 5) is 25.2. The Balaban J connectivity index is 2.28. The van der Waals surface area contributed by atoms with Crippen LogP contribution in [0.2, 0.25) is 0 Å². The molecule has 2 rings (SSSR count). The second-order valence-corrected chi connectivity index (χ2v) is 5.69. The Morgan fingerprint density at radius 1 is 1.25 bits per heavy atom. The van der Waals surface area contributed by atoms with Gasteiger partial charge in [-0.2, -0.15) is 0 Å². The van der Waals surface area contributed by atoms with Crippen LogP contribution in [0, 0.1) is 0 Å². The molecule has 2 N–H and O–H groups in total. The van der Waals surface area contributed by atoms with Gasteiger partial charge in [-0.1, -0.05) is 30.3 Å². The smallest absolute Gasteiger partial charge is 0.326 e. The molecule has 5 nitrogen and oxygen atoms in total. The molecular formula is C15H19NO4. The number of hydrogen-bond acceptors (Lipinski definition) is 3. The highest BCUT2D eigenvalue weighted by atomic mass is 16.4. The third-order valence-corrected chi connectivity index (χ3v) is 3.86. The zero-order valence-electron chi connectivity index (χ0n) is 11.6. The Bertz CT molecular complexity index is 512. The van der Waals surface area contributed by atoms with Crippen LogP contribution in [0.5, 0.6) is 0 Å². The lowest BCUT2D eigenvalue weighted by Crippen LogP contribution is -2.48. The minimum absolute atomic E-state index is 0.0755. The first-order valence-electron chi connectivity index (χ1n) is 6.61. The molecule has 0 aromatic heterocycles. The van der Waals surface area contributed by atoms with Crippen molar-refractivity contribution in [2.45, 2.75) is 37.8 Å². The van der Waals surface area contributed by atoms with Gasteiger partial charge in [-0.25, -0.2) is 4.79 Å². The van der Waals surface area contributed by atoms with E-state index in [1.54, 1.807) is 13.8 Å². The summed E-state index contributed by atoms with van der Waals surface area (Å²) in [6, 6.07) is 8.31. The van der Waals surface area contributed by atoms with Crippen molar-refractivity contribution in [1.82, 2.24) is 4.90 Å². The van der Waals surface area contributed by atoms with Crippen molar-refractivity contribution in [1.29, 1.82) is 0 Å². The second kappa shape index (κ2) is 5.25. The molecule has 20 heavy (non-hydrogen) atoms. The van der Waals surface area contributed by atoms with Gasteiger partial charge < -0.3 is 15.1 Å². The lowest BCUT2D eigenvalue weighted by atomic mass is 9.83. The number of likely N-dealkylation sites (tertiary alicyclic amines) is 1. The molecule has 0 bridgehead atoms. The summed E-state index contributed by atoms with van der Waals surface area (Å²) >= 11 is 0. The van der Waals surface area contributed by atoms with Crippen molar-refractivity contribution in [3.05, 3.63) is 35.9 Å². The fourth-order valence-corrected chi connectivity index (χ4v) is 2.61. The number of aliphatic hydroxyl groups excluding tert-OH is 1. The number of carbonyl (C=O) groups is 2. The average molecular weight is 277 g/mol. The Morgan fingerprint density at radius 3 is 2.40 bits per heavy atom. The van der Waals surface area contributed by atoms with Crippen LogP contribution in [0.3, 0.4) is 0 Å². The summed E-state index contributed by atoms with van der Waals surface area (Å²) in [6.45, 7) is 3.62. The molecule has 1 fully saturated rings. The van der Waals surface area contributed by atoms with Gasteiger partial charge in [0.25, 0.3) is 0 Å². The fourth-order valence-electron chi connectivity index (χ4n) is 2.61. The van der Waals surface area contributed by atoms with Gasteiger partial charge in [-0.3, -0.25) is 4.79 Å². The number of carboxylic acid groups (broad SMARTS) is 1. The van der Waals surface area contributed by atoms with Gasteiger partial charge in [0, 0.05) is 13.0 Å². The van der Waals surface area contributed by atoms with Crippen LogP contribution in [0.25, 0.3) is 0 Å². The molecule has 1 heterocycles. The number of aliphatic hydroxyl groups is 1. The van der Waals surface area contributed by atoms with Crippen molar-refractivity contribution in [3.63, 3.8) is 0 Å². The predicted molar refractivity (Wildman–Crippen MR) is 73.2 cm³/mol. The van der Waals surface area contributed by atoms with Crippen molar-refractivity contribution >= 4 is 11.9 Å². The largest absolute Gasteiger partial charge is 0.480 e. The Labute approximate surface area is 117 Å². The lowest BCUT2D eigenvalue weighted by Gasteiger charge is -2.31. The Kier molecular flexibility index (Phi) is 3.81. The Morgan fingerprint density at radius 2 is 1.85 bits per heavy atom. The first-order chi connectivity index (χ1) is 9.34. The molecule has 108 valence electrons. The number of rotatable bonds is 3. The van der Waals surface area contributed by atoms with Crippen LogP contribution in [0.1, 0.15) is 25.8 Å². The molecule has 0 spiro atoms. The van der Waals surface area contributed by atoms with Crippen molar-refractivity contribution in [2.24, 2.45) is 0 Å². The highest BCUT2D eigenvalue weighted by Crippen LogP contribution is 2.29. The summed E-state index contributed by atoms with van der Waals surface area (Å²) in [5.41, 5.74) is 0.00878. The summed E-state index contributed by atoms with van der Waals surface area (Å²) in [7, 11) is 0. The molecule has 1 saturated heterocycles. The van der Waals surface area contributed by atoms with E-state index in [2.05, 4.69) is 0 Å². The molecule has 1 aliphatic rings. The Hall–Kier alpha value is -1.88. The van der Waals surface area contributed by atoms with Gasteiger partial charge in [0.1, 0.15) is 6.04 Å². The molecule has 1 aromatic rings. The van der Waals surface area contributed by atoms with Crippen LogP contribution in [-0.2, 0) is 15.0 Å². The molecule has 1 amide bonds. The first kappa shape index (κ1) is 14.5.